The summed E-state index contributed by atoms with van der Waals surface area (Å²) in [5.74, 6) is 0. The van der Waals surface area contributed by atoms with E-state index in [-0.39, 0.29) is 0 Å². The molecule has 1 atom stereocenters. The zero-order valence-electron chi connectivity index (χ0n) is 12.0. The summed E-state index contributed by atoms with van der Waals surface area (Å²) in [5, 5.41) is 4.68. The zero-order chi connectivity index (χ0) is 14.2. The fourth-order valence-corrected chi connectivity index (χ4v) is 4.18. The van der Waals surface area contributed by atoms with E-state index in [1.165, 1.54) is 37.8 Å². The molecule has 20 heavy (non-hydrogen) atoms. The normalized spacial score (nSPS) is 25.9. The van der Waals surface area contributed by atoms with E-state index < -0.39 is 0 Å². The lowest BCUT2D eigenvalue weighted by Gasteiger charge is -2.50. The summed E-state index contributed by atoms with van der Waals surface area (Å²) >= 11 is 10.0. The molecule has 4 heteroatoms. The lowest BCUT2D eigenvalue weighted by Crippen LogP contribution is -2.64. The molecular weight excluding hydrogens is 336 g/mol. The maximum absolute atomic E-state index is 6.44. The fourth-order valence-electron chi connectivity index (χ4n) is 3.60. The van der Waals surface area contributed by atoms with Crippen LogP contribution >= 0.6 is 27.5 Å². The molecule has 110 valence electrons. The van der Waals surface area contributed by atoms with Gasteiger partial charge in [0.05, 0.1) is 10.7 Å². The minimum absolute atomic E-state index is 0.302. The smallest absolute Gasteiger partial charge is 0.0640 e. The number of nitrogens with one attached hydrogen (secondary N) is 1. The van der Waals surface area contributed by atoms with Crippen LogP contribution in [0.25, 0.3) is 0 Å². The first-order valence-corrected chi connectivity index (χ1v) is 8.73. The summed E-state index contributed by atoms with van der Waals surface area (Å²) in [7, 11) is 0. The minimum atomic E-state index is 0.302. The Hall–Kier alpha value is -0.250. The second kappa shape index (κ2) is 5.86. The van der Waals surface area contributed by atoms with Crippen LogP contribution in [0.3, 0.4) is 0 Å². The summed E-state index contributed by atoms with van der Waals surface area (Å²) in [6.45, 7) is 4.40. The number of rotatable bonds is 1. The Labute approximate surface area is 135 Å². The van der Waals surface area contributed by atoms with Crippen molar-refractivity contribution in [3.05, 3.63) is 27.7 Å². The predicted octanol–water partition coefficient (Wildman–Crippen LogP) is 4.60. The fraction of sp³-hybridized carbons (Fsp3) is 0.625. The Morgan fingerprint density at radius 3 is 2.80 bits per heavy atom. The monoisotopic (exact) mass is 356 g/mol. The van der Waals surface area contributed by atoms with Gasteiger partial charge in [0.1, 0.15) is 0 Å². The van der Waals surface area contributed by atoms with Crippen molar-refractivity contribution in [3.8, 4) is 0 Å². The van der Waals surface area contributed by atoms with E-state index in [9.17, 15) is 0 Å². The number of piperazine rings is 1. The van der Waals surface area contributed by atoms with Crippen LogP contribution in [0.1, 0.15) is 39.0 Å². The van der Waals surface area contributed by atoms with Gasteiger partial charge >= 0.3 is 0 Å². The van der Waals surface area contributed by atoms with Gasteiger partial charge in [-0.15, -0.1) is 0 Å². The molecule has 3 rings (SSSR count). The maximum Gasteiger partial charge on any atom is 0.0640 e. The van der Waals surface area contributed by atoms with Crippen LogP contribution in [0.5, 0.6) is 0 Å². The number of hydrogen-bond donors (Lipinski definition) is 1. The van der Waals surface area contributed by atoms with Crippen molar-refractivity contribution in [1.29, 1.82) is 0 Å². The minimum Gasteiger partial charge on any atom is -0.364 e. The van der Waals surface area contributed by atoms with Gasteiger partial charge in [-0.25, -0.2) is 0 Å². The van der Waals surface area contributed by atoms with Gasteiger partial charge in [0, 0.05) is 29.1 Å². The first-order chi connectivity index (χ1) is 9.60. The molecule has 1 spiro atoms. The van der Waals surface area contributed by atoms with Crippen molar-refractivity contribution >= 4 is 33.2 Å². The number of hydrogen-bond acceptors (Lipinski definition) is 2. The third-order valence-corrected chi connectivity index (χ3v) is 5.62. The van der Waals surface area contributed by atoms with Crippen molar-refractivity contribution in [2.45, 2.75) is 50.6 Å². The summed E-state index contributed by atoms with van der Waals surface area (Å²) in [5.41, 5.74) is 1.47. The summed E-state index contributed by atoms with van der Waals surface area (Å²) in [6.07, 6.45) is 6.67. The summed E-state index contributed by atoms with van der Waals surface area (Å²) in [4.78, 5) is 2.49. The number of benzene rings is 1. The topological polar surface area (TPSA) is 15.3 Å². The maximum atomic E-state index is 6.44. The molecule has 2 aliphatic rings. The molecule has 1 aliphatic heterocycles. The second-order valence-corrected chi connectivity index (χ2v) is 7.62. The van der Waals surface area contributed by atoms with Gasteiger partial charge < -0.3 is 10.2 Å². The number of nitrogens with zero attached hydrogens (tertiary/aromatic N) is 1. The molecule has 1 N–H and O–H groups in total. The Kier molecular flexibility index (Phi) is 4.30. The molecule has 1 saturated carbocycles. The van der Waals surface area contributed by atoms with Crippen LogP contribution in [-0.2, 0) is 0 Å². The van der Waals surface area contributed by atoms with Crippen molar-refractivity contribution in [3.63, 3.8) is 0 Å². The van der Waals surface area contributed by atoms with Gasteiger partial charge in [-0.3, -0.25) is 0 Å². The van der Waals surface area contributed by atoms with Crippen LogP contribution < -0.4 is 10.2 Å². The van der Waals surface area contributed by atoms with Gasteiger partial charge in [-0.05, 0) is 38.0 Å². The Morgan fingerprint density at radius 2 is 2.05 bits per heavy atom. The van der Waals surface area contributed by atoms with Crippen molar-refractivity contribution in [2.75, 3.05) is 18.0 Å². The third kappa shape index (κ3) is 2.86. The average Bonchev–Trinajstić information content (AvgIpc) is 2.46. The molecule has 1 saturated heterocycles. The molecule has 0 amide bonds. The van der Waals surface area contributed by atoms with Crippen LogP contribution in [0.15, 0.2) is 22.7 Å². The first-order valence-electron chi connectivity index (χ1n) is 7.56. The highest BCUT2D eigenvalue weighted by Gasteiger charge is 2.39. The molecule has 0 bridgehead atoms. The quantitative estimate of drug-likeness (QED) is 0.790. The lowest BCUT2D eigenvalue weighted by atomic mass is 9.79. The highest BCUT2D eigenvalue weighted by molar-refractivity contribution is 9.10. The third-order valence-electron chi connectivity index (χ3n) is 4.81. The van der Waals surface area contributed by atoms with Gasteiger partial charge in [0.2, 0.25) is 0 Å². The molecule has 0 aromatic heterocycles. The van der Waals surface area contributed by atoms with Gasteiger partial charge in [0.15, 0.2) is 0 Å². The molecule has 1 unspecified atom stereocenters. The van der Waals surface area contributed by atoms with Crippen LogP contribution in [0.4, 0.5) is 5.69 Å². The average molecular weight is 358 g/mol. The molecule has 1 aromatic carbocycles. The van der Waals surface area contributed by atoms with Gasteiger partial charge in [0.25, 0.3) is 0 Å². The molecule has 0 radical (unpaired) electrons. The lowest BCUT2D eigenvalue weighted by molar-refractivity contribution is 0.200. The molecule has 1 aromatic rings. The number of anilines is 1. The van der Waals surface area contributed by atoms with Crippen molar-refractivity contribution < 1.29 is 0 Å². The Balaban J connectivity index is 1.88. The van der Waals surface area contributed by atoms with Crippen LogP contribution in [0.2, 0.25) is 5.02 Å². The van der Waals surface area contributed by atoms with E-state index in [4.69, 9.17) is 11.6 Å². The molecule has 1 heterocycles. The zero-order valence-corrected chi connectivity index (χ0v) is 14.3. The second-order valence-electron chi connectivity index (χ2n) is 6.29. The van der Waals surface area contributed by atoms with E-state index in [1.807, 2.05) is 12.1 Å². The van der Waals surface area contributed by atoms with Crippen molar-refractivity contribution in [2.24, 2.45) is 0 Å². The van der Waals surface area contributed by atoms with Crippen LogP contribution in [-0.4, -0.2) is 24.7 Å². The van der Waals surface area contributed by atoms with E-state index in [0.29, 0.717) is 11.6 Å². The molecule has 2 nitrogen and oxygen atoms in total. The largest absolute Gasteiger partial charge is 0.364 e. The summed E-state index contributed by atoms with van der Waals surface area (Å²) in [6, 6.07) is 6.63. The standard InChI is InChI=1S/C16H22BrClN2/c1-12-10-19-16(7-3-2-4-8-16)11-20(12)15-9-13(17)5-6-14(15)18/h5-6,9,12,19H,2-4,7-8,10-11H2,1H3. The number of halogens is 2. The Morgan fingerprint density at radius 1 is 1.30 bits per heavy atom. The Bertz CT molecular complexity index is 485. The predicted molar refractivity (Wildman–Crippen MR) is 89.8 cm³/mol. The first kappa shape index (κ1) is 14.7. The molecular formula is C16H22BrClN2. The highest BCUT2D eigenvalue weighted by Crippen LogP contribution is 2.37. The van der Waals surface area contributed by atoms with E-state index in [2.05, 4.69) is 39.1 Å². The summed E-state index contributed by atoms with van der Waals surface area (Å²) < 4.78 is 1.10. The molecule has 1 aliphatic carbocycles. The van der Waals surface area contributed by atoms with E-state index in [0.717, 1.165) is 22.6 Å². The highest BCUT2D eigenvalue weighted by atomic mass is 79.9. The van der Waals surface area contributed by atoms with Gasteiger partial charge in [-0.2, -0.15) is 0 Å². The van der Waals surface area contributed by atoms with E-state index in [1.54, 1.807) is 0 Å². The van der Waals surface area contributed by atoms with Crippen molar-refractivity contribution in [1.82, 2.24) is 5.32 Å². The molecule has 2 fully saturated rings. The van der Waals surface area contributed by atoms with Crippen LogP contribution in [0, 0.1) is 0 Å². The van der Waals surface area contributed by atoms with Gasteiger partial charge in [-0.1, -0.05) is 46.8 Å². The van der Waals surface area contributed by atoms with E-state index >= 15 is 0 Å². The SMILES string of the molecule is CC1CNC2(CCCCC2)CN1c1cc(Br)ccc1Cl.